The summed E-state index contributed by atoms with van der Waals surface area (Å²) in [7, 11) is -1.49. The summed E-state index contributed by atoms with van der Waals surface area (Å²) >= 11 is 0. The van der Waals surface area contributed by atoms with Gasteiger partial charge < -0.3 is 19.5 Å². The minimum absolute atomic E-state index is 0.156. The van der Waals surface area contributed by atoms with Crippen molar-refractivity contribution in [2.75, 3.05) is 37.8 Å². The Morgan fingerprint density at radius 3 is 2.44 bits per heavy atom. The lowest BCUT2D eigenvalue weighted by Crippen LogP contribution is -2.47. The van der Waals surface area contributed by atoms with E-state index >= 15 is 0 Å². The Morgan fingerprint density at radius 2 is 1.73 bits per heavy atom. The van der Waals surface area contributed by atoms with Crippen molar-refractivity contribution >= 4 is 16.9 Å². The topological polar surface area (TPSA) is 76.1 Å². The molecule has 2 heterocycles. The molecule has 1 aromatic rings. The molecule has 0 bridgehead atoms. The number of nitrogens with zero attached hydrogens (tertiary/aromatic N) is 1. The molecule has 1 spiro atoms. The number of rotatable bonds is 9. The van der Waals surface area contributed by atoms with Crippen LogP contribution in [-0.4, -0.2) is 76.3 Å². The molecule has 5 aliphatic rings. The van der Waals surface area contributed by atoms with Crippen LogP contribution in [0.25, 0.3) is 0 Å². The number of likely N-dealkylation sites (tertiary alicyclic amines) is 1. The number of hydrogen-bond acceptors (Lipinski definition) is 5. The maximum absolute atomic E-state index is 13.3. The van der Waals surface area contributed by atoms with Crippen molar-refractivity contribution in [1.82, 2.24) is 4.90 Å². The molecule has 6 rings (SSSR count). The minimum atomic E-state index is -5.59. The molecule has 1 aromatic carbocycles. The molecule has 270 valence electrons. The van der Waals surface area contributed by atoms with Crippen LogP contribution < -0.4 is 4.74 Å². The lowest BCUT2D eigenvalue weighted by atomic mass is 9.52. The van der Waals surface area contributed by atoms with Crippen molar-refractivity contribution in [3.63, 3.8) is 0 Å². The second-order valence-electron chi connectivity index (χ2n) is 15.5. The SMILES string of the molecule is C[C@]12CC[C@@H]3c4ccc(OC(=O)N5CCC6(CCOCC6)CC5)cc4C[C@@H](CCCS(=O)CCCC(F)(F)C(F)(F)F)[C@H]3[C@@H]1CC[C@@H]2O. The van der Waals surface area contributed by atoms with Gasteiger partial charge in [0.25, 0.3) is 0 Å². The summed E-state index contributed by atoms with van der Waals surface area (Å²) in [6.07, 6.45) is 1.61. The third-order valence-electron chi connectivity index (χ3n) is 12.9. The van der Waals surface area contributed by atoms with Crippen LogP contribution in [0, 0.1) is 28.6 Å². The summed E-state index contributed by atoms with van der Waals surface area (Å²) in [6, 6.07) is 6.01. The van der Waals surface area contributed by atoms with Crippen molar-refractivity contribution < 1.29 is 45.5 Å². The Labute approximate surface area is 282 Å². The molecule has 1 N–H and O–H groups in total. The van der Waals surface area contributed by atoms with Crippen molar-refractivity contribution in [1.29, 1.82) is 0 Å². The van der Waals surface area contributed by atoms with Gasteiger partial charge in [0.05, 0.1) is 6.10 Å². The van der Waals surface area contributed by atoms with E-state index in [0.29, 0.717) is 43.0 Å². The van der Waals surface area contributed by atoms with E-state index in [9.17, 15) is 36.1 Å². The molecule has 1 amide bonds. The highest BCUT2D eigenvalue weighted by Crippen LogP contribution is 2.62. The lowest BCUT2D eigenvalue weighted by Gasteiger charge is -2.53. The van der Waals surface area contributed by atoms with Crippen LogP contribution in [0.4, 0.5) is 26.7 Å². The third-order valence-corrected chi connectivity index (χ3v) is 14.4. The fourth-order valence-corrected chi connectivity index (χ4v) is 11.1. The number of amides is 1. The molecule has 4 fully saturated rings. The van der Waals surface area contributed by atoms with Crippen molar-refractivity contribution in [2.45, 2.75) is 115 Å². The third kappa shape index (κ3) is 7.32. The number of aliphatic hydroxyl groups excluding tert-OH is 1. The summed E-state index contributed by atoms with van der Waals surface area (Å²) in [6.45, 7) is 5.12. The first-order valence-electron chi connectivity index (χ1n) is 17.9. The van der Waals surface area contributed by atoms with Gasteiger partial charge >= 0.3 is 18.2 Å². The average molecular weight is 704 g/mol. The number of halogens is 5. The molecule has 7 atom stereocenters. The van der Waals surface area contributed by atoms with Gasteiger partial charge in [-0.05, 0) is 135 Å². The van der Waals surface area contributed by atoms with Crippen molar-refractivity contribution in [3.8, 4) is 5.75 Å². The Bertz CT molecular complexity index is 1330. The smallest absolute Gasteiger partial charge is 0.410 e. The van der Waals surface area contributed by atoms with Crippen LogP contribution in [0.1, 0.15) is 101 Å². The highest BCUT2D eigenvalue weighted by atomic mass is 32.2. The predicted octanol–water partition coefficient (Wildman–Crippen LogP) is 8.03. The van der Waals surface area contributed by atoms with E-state index in [0.717, 1.165) is 83.0 Å². The molecule has 0 radical (unpaired) electrons. The summed E-state index contributed by atoms with van der Waals surface area (Å²) in [5.41, 5.74) is 2.53. The van der Waals surface area contributed by atoms with Crippen LogP contribution in [-0.2, 0) is 22.0 Å². The van der Waals surface area contributed by atoms with Crippen LogP contribution in [0.2, 0.25) is 0 Å². The second kappa shape index (κ2) is 14.1. The first kappa shape index (κ1) is 36.0. The lowest BCUT2D eigenvalue weighted by molar-refractivity contribution is -0.284. The molecular formula is C36H50F5NO5S. The number of piperidine rings is 1. The number of aliphatic hydroxyl groups is 1. The molecule has 6 nitrogen and oxygen atoms in total. The maximum Gasteiger partial charge on any atom is 0.453 e. The zero-order chi connectivity index (χ0) is 34.3. The van der Waals surface area contributed by atoms with Crippen LogP contribution in [0.15, 0.2) is 18.2 Å². The van der Waals surface area contributed by atoms with E-state index in [1.165, 1.54) is 5.56 Å². The van der Waals surface area contributed by atoms with E-state index in [1.54, 1.807) is 4.90 Å². The first-order chi connectivity index (χ1) is 22.7. The summed E-state index contributed by atoms with van der Waals surface area (Å²) < 4.78 is 88.3. The molecule has 3 aliphatic carbocycles. The van der Waals surface area contributed by atoms with Gasteiger partial charge in [0, 0.05) is 55.0 Å². The Morgan fingerprint density at radius 1 is 1.02 bits per heavy atom. The number of alkyl halides is 5. The van der Waals surface area contributed by atoms with Gasteiger partial charge in [-0.25, -0.2) is 4.79 Å². The predicted molar refractivity (Wildman–Crippen MR) is 173 cm³/mol. The van der Waals surface area contributed by atoms with Crippen LogP contribution in [0.3, 0.4) is 0 Å². The molecule has 2 saturated heterocycles. The minimum Gasteiger partial charge on any atom is -0.410 e. The average Bonchev–Trinajstić information content (AvgIpc) is 3.34. The molecule has 12 heteroatoms. The number of fused-ring (bicyclic) bond motifs is 5. The number of benzene rings is 1. The molecule has 1 unspecified atom stereocenters. The highest BCUT2D eigenvalue weighted by Gasteiger charge is 2.57. The zero-order valence-electron chi connectivity index (χ0n) is 27.9. The van der Waals surface area contributed by atoms with Gasteiger partial charge in [0.1, 0.15) is 5.75 Å². The summed E-state index contributed by atoms with van der Waals surface area (Å²) in [5.74, 6) is -2.98. The van der Waals surface area contributed by atoms with Gasteiger partial charge in [0.15, 0.2) is 0 Å². The van der Waals surface area contributed by atoms with Crippen molar-refractivity contribution in [2.24, 2.45) is 28.6 Å². The zero-order valence-corrected chi connectivity index (χ0v) is 28.7. The van der Waals surface area contributed by atoms with Crippen LogP contribution >= 0.6 is 0 Å². The maximum atomic E-state index is 13.3. The Kier molecular flexibility index (Phi) is 10.6. The van der Waals surface area contributed by atoms with E-state index in [-0.39, 0.29) is 40.5 Å². The van der Waals surface area contributed by atoms with Gasteiger partial charge in [0.2, 0.25) is 0 Å². The summed E-state index contributed by atoms with van der Waals surface area (Å²) in [5, 5.41) is 11.0. The monoisotopic (exact) mass is 703 g/mol. The van der Waals surface area contributed by atoms with Gasteiger partial charge in [-0.1, -0.05) is 13.0 Å². The van der Waals surface area contributed by atoms with Gasteiger partial charge in [-0.3, -0.25) is 4.21 Å². The van der Waals surface area contributed by atoms with E-state index in [1.807, 2.05) is 12.1 Å². The van der Waals surface area contributed by atoms with Gasteiger partial charge in [-0.2, -0.15) is 22.0 Å². The highest BCUT2D eigenvalue weighted by molar-refractivity contribution is 7.84. The Hall–Kier alpha value is -1.79. The van der Waals surface area contributed by atoms with Crippen molar-refractivity contribution in [3.05, 3.63) is 29.3 Å². The normalized spacial score (nSPS) is 32.3. The molecule has 0 aromatic heterocycles. The fraction of sp³-hybridized carbons (Fsp3) is 0.806. The van der Waals surface area contributed by atoms with E-state index in [2.05, 4.69) is 13.0 Å². The molecule has 48 heavy (non-hydrogen) atoms. The first-order valence-corrected chi connectivity index (χ1v) is 19.4. The number of carbonyl (C=O) groups is 1. The van der Waals surface area contributed by atoms with Gasteiger partial charge in [-0.15, -0.1) is 0 Å². The second-order valence-corrected chi connectivity index (χ2v) is 17.2. The number of ether oxygens (including phenoxy) is 2. The molecule has 2 saturated carbocycles. The van der Waals surface area contributed by atoms with E-state index in [4.69, 9.17) is 9.47 Å². The quantitative estimate of drug-likeness (QED) is 0.264. The standard InChI is InChI=1S/C36H50F5NO5S/c1-33-11-9-28-27-6-5-26(47-32(44)42-16-12-34(13-17-42)14-18-46-19-15-34)23-25(27)22-24(31(28)29(33)7-8-30(33)43)4-2-20-48(45)21-3-10-35(37,38)36(39,40)41/h5-6,23-24,28-31,43H,2-4,7-22H2,1H3/t24-,28-,29+,30+,31-,33+,48?/m1/s1. The molecule has 2 aliphatic heterocycles. The Balaban J connectivity index is 1.10. The fourth-order valence-electron chi connectivity index (χ4n) is 9.92. The van der Waals surface area contributed by atoms with E-state index < -0.39 is 35.7 Å². The number of carbonyl (C=O) groups excluding carboxylic acids is 1. The largest absolute Gasteiger partial charge is 0.453 e. The van der Waals surface area contributed by atoms with Crippen LogP contribution in [0.5, 0.6) is 5.75 Å². The number of hydrogen-bond donors (Lipinski definition) is 1. The molecular weight excluding hydrogens is 653 g/mol. The summed E-state index contributed by atoms with van der Waals surface area (Å²) in [4.78, 5) is 15.0.